The summed E-state index contributed by atoms with van der Waals surface area (Å²) in [4.78, 5) is 17.2. The maximum absolute atomic E-state index is 14.5. The summed E-state index contributed by atoms with van der Waals surface area (Å²) in [6, 6.07) is 17.7. The van der Waals surface area contributed by atoms with Gasteiger partial charge in [-0.3, -0.25) is 0 Å². The second-order valence-electron chi connectivity index (χ2n) is 9.24. The van der Waals surface area contributed by atoms with Crippen LogP contribution in [0.1, 0.15) is 53.1 Å². The number of nitrogens with zero attached hydrogens (tertiary/aromatic N) is 2. The van der Waals surface area contributed by atoms with Gasteiger partial charge in [-0.1, -0.05) is 24.3 Å². The number of carbonyl (C=O) groups excluding carboxylic acids is 1. The van der Waals surface area contributed by atoms with Gasteiger partial charge in [0, 0.05) is 16.6 Å². The average Bonchev–Trinajstić information content (AvgIpc) is 3.48. The van der Waals surface area contributed by atoms with E-state index in [1.807, 2.05) is 53.5 Å². The number of anilines is 1. The van der Waals surface area contributed by atoms with Gasteiger partial charge < -0.3 is 19.5 Å². The SMILES string of the molecule is CCOc1ccc([C@H]2c3cccn3-c3sc4c(c3CN2C(=O)Nc2ccccc2F)CCCC4)cc1. The highest BCUT2D eigenvalue weighted by molar-refractivity contribution is 7.15. The first-order valence-electron chi connectivity index (χ1n) is 12.5. The smallest absolute Gasteiger partial charge is 0.323 e. The first kappa shape index (κ1) is 22.9. The van der Waals surface area contributed by atoms with Gasteiger partial charge in [0.1, 0.15) is 16.6 Å². The Kier molecular flexibility index (Phi) is 6.01. The molecule has 0 spiro atoms. The molecule has 184 valence electrons. The molecule has 1 aliphatic carbocycles. The maximum atomic E-state index is 14.5. The topological polar surface area (TPSA) is 46.5 Å². The number of para-hydroxylation sites is 1. The molecule has 2 aliphatic rings. The van der Waals surface area contributed by atoms with Gasteiger partial charge in [-0.25, -0.2) is 9.18 Å². The number of aromatic nitrogens is 1. The van der Waals surface area contributed by atoms with Crippen molar-refractivity contribution in [2.75, 3.05) is 11.9 Å². The fraction of sp³-hybridized carbons (Fsp3) is 0.276. The molecule has 0 bridgehead atoms. The third-order valence-electron chi connectivity index (χ3n) is 7.06. The Morgan fingerprint density at radius 3 is 2.67 bits per heavy atom. The molecule has 0 radical (unpaired) electrons. The number of thiophene rings is 1. The molecule has 2 aromatic carbocycles. The number of hydrogen-bond acceptors (Lipinski definition) is 3. The number of carbonyl (C=O) groups is 1. The molecule has 3 heterocycles. The lowest BCUT2D eigenvalue weighted by molar-refractivity contribution is 0.194. The van der Waals surface area contributed by atoms with Crippen LogP contribution in [0.5, 0.6) is 5.75 Å². The quantitative estimate of drug-likeness (QED) is 0.324. The van der Waals surface area contributed by atoms with Crippen molar-refractivity contribution in [2.24, 2.45) is 0 Å². The van der Waals surface area contributed by atoms with Gasteiger partial charge >= 0.3 is 6.03 Å². The van der Waals surface area contributed by atoms with Crippen LogP contribution in [-0.4, -0.2) is 22.1 Å². The summed E-state index contributed by atoms with van der Waals surface area (Å²) < 4.78 is 22.4. The van der Waals surface area contributed by atoms with Crippen molar-refractivity contribution >= 4 is 23.1 Å². The predicted molar refractivity (Wildman–Crippen MR) is 141 cm³/mol. The second kappa shape index (κ2) is 9.47. The molecule has 2 aromatic heterocycles. The molecule has 7 heteroatoms. The number of rotatable bonds is 4. The molecule has 0 fully saturated rings. The molecule has 2 amide bonds. The monoisotopic (exact) mass is 501 g/mol. The minimum absolute atomic E-state index is 0.181. The van der Waals surface area contributed by atoms with Gasteiger partial charge in [-0.05, 0) is 80.1 Å². The molecule has 36 heavy (non-hydrogen) atoms. The lowest BCUT2D eigenvalue weighted by Gasteiger charge is -2.31. The molecule has 1 atom stereocenters. The average molecular weight is 502 g/mol. The van der Waals surface area contributed by atoms with E-state index in [0.717, 1.165) is 29.8 Å². The Bertz CT molecular complexity index is 1410. The highest BCUT2D eigenvalue weighted by Gasteiger charge is 2.36. The Hall–Kier alpha value is -3.58. The van der Waals surface area contributed by atoms with Gasteiger partial charge in [0.25, 0.3) is 0 Å². The molecular weight excluding hydrogens is 473 g/mol. The van der Waals surface area contributed by atoms with E-state index >= 15 is 0 Å². The van der Waals surface area contributed by atoms with Crippen LogP contribution >= 0.6 is 11.3 Å². The summed E-state index contributed by atoms with van der Waals surface area (Å²) in [6.45, 7) is 3.01. The summed E-state index contributed by atoms with van der Waals surface area (Å²) in [5.74, 6) is 0.344. The first-order valence-corrected chi connectivity index (χ1v) is 13.3. The Morgan fingerprint density at radius 1 is 1.06 bits per heavy atom. The number of benzene rings is 2. The minimum Gasteiger partial charge on any atom is -0.494 e. The second-order valence-corrected chi connectivity index (χ2v) is 10.3. The summed E-state index contributed by atoms with van der Waals surface area (Å²) in [5.41, 5.74) is 4.77. The highest BCUT2D eigenvalue weighted by Crippen LogP contribution is 2.44. The van der Waals surface area contributed by atoms with Crippen LogP contribution in [-0.2, 0) is 19.4 Å². The van der Waals surface area contributed by atoms with Gasteiger partial charge in [0.05, 0.1) is 30.6 Å². The van der Waals surface area contributed by atoms with Gasteiger partial charge in [-0.2, -0.15) is 0 Å². The van der Waals surface area contributed by atoms with E-state index in [-0.39, 0.29) is 17.8 Å². The number of urea groups is 1. The third-order valence-corrected chi connectivity index (χ3v) is 8.40. The minimum atomic E-state index is -0.449. The molecule has 0 saturated carbocycles. The van der Waals surface area contributed by atoms with Crippen LogP contribution in [0.4, 0.5) is 14.9 Å². The van der Waals surface area contributed by atoms with Crippen LogP contribution in [0, 0.1) is 5.82 Å². The third kappa shape index (κ3) is 3.97. The van der Waals surface area contributed by atoms with Crippen molar-refractivity contribution in [2.45, 2.75) is 45.2 Å². The Labute approximate surface area is 214 Å². The van der Waals surface area contributed by atoms with E-state index in [1.165, 1.54) is 39.9 Å². The Balaban J connectivity index is 1.48. The van der Waals surface area contributed by atoms with Crippen molar-refractivity contribution in [1.82, 2.24) is 9.47 Å². The lowest BCUT2D eigenvalue weighted by Crippen LogP contribution is -2.38. The fourth-order valence-electron chi connectivity index (χ4n) is 5.40. The lowest BCUT2D eigenvalue weighted by atomic mass is 9.95. The molecule has 1 aliphatic heterocycles. The Morgan fingerprint density at radius 2 is 1.86 bits per heavy atom. The van der Waals surface area contributed by atoms with Crippen LogP contribution in [0.3, 0.4) is 0 Å². The molecule has 4 aromatic rings. The van der Waals surface area contributed by atoms with Crippen molar-refractivity contribution in [1.29, 1.82) is 0 Å². The molecule has 0 unspecified atom stereocenters. The highest BCUT2D eigenvalue weighted by atomic mass is 32.1. The number of nitrogens with one attached hydrogen (secondary N) is 1. The van der Waals surface area contributed by atoms with Crippen molar-refractivity contribution in [3.63, 3.8) is 0 Å². The van der Waals surface area contributed by atoms with Crippen LogP contribution in [0.15, 0.2) is 66.9 Å². The van der Waals surface area contributed by atoms with E-state index in [0.29, 0.717) is 13.2 Å². The summed E-state index contributed by atoms with van der Waals surface area (Å²) in [5, 5.41) is 4.04. The number of hydrogen-bond donors (Lipinski definition) is 1. The summed E-state index contributed by atoms with van der Waals surface area (Å²) in [7, 11) is 0. The predicted octanol–water partition coefficient (Wildman–Crippen LogP) is 7.09. The number of amides is 2. The van der Waals surface area contributed by atoms with Crippen LogP contribution in [0.2, 0.25) is 0 Å². The van der Waals surface area contributed by atoms with E-state index in [2.05, 4.69) is 22.1 Å². The van der Waals surface area contributed by atoms with E-state index in [1.54, 1.807) is 18.2 Å². The van der Waals surface area contributed by atoms with E-state index in [9.17, 15) is 9.18 Å². The maximum Gasteiger partial charge on any atom is 0.323 e. The van der Waals surface area contributed by atoms with Crippen molar-refractivity contribution in [3.8, 4) is 10.8 Å². The fourth-order valence-corrected chi connectivity index (χ4v) is 6.80. The molecule has 1 N–H and O–H groups in total. The van der Waals surface area contributed by atoms with Gasteiger partial charge in [0.2, 0.25) is 0 Å². The van der Waals surface area contributed by atoms with Crippen molar-refractivity contribution < 1.29 is 13.9 Å². The number of aryl methyl sites for hydroxylation is 1. The zero-order valence-corrected chi connectivity index (χ0v) is 21.0. The number of ether oxygens (including phenoxy) is 1. The first-order chi connectivity index (χ1) is 17.6. The zero-order chi connectivity index (χ0) is 24.6. The molecule has 0 saturated heterocycles. The number of fused-ring (bicyclic) bond motifs is 5. The zero-order valence-electron chi connectivity index (χ0n) is 20.2. The molecular formula is C29H28FN3O2S. The molecule has 5 nitrogen and oxygen atoms in total. The van der Waals surface area contributed by atoms with Gasteiger partial charge in [0.15, 0.2) is 0 Å². The van der Waals surface area contributed by atoms with E-state index < -0.39 is 5.82 Å². The van der Waals surface area contributed by atoms with Crippen LogP contribution in [0.25, 0.3) is 5.00 Å². The standard InChI is InChI=1S/C29H28FN3O2S/c1-2-35-20-15-13-19(14-16-20)27-25-11-7-17-32(25)28-22(21-8-3-6-12-26(21)36-28)18-33(27)29(34)31-24-10-5-4-9-23(24)30/h4-5,7,9-11,13-17,27H,2-3,6,8,12,18H2,1H3,(H,31,34)/t27-/m0/s1. The number of halogens is 1. The summed E-state index contributed by atoms with van der Waals surface area (Å²) >= 11 is 1.85. The van der Waals surface area contributed by atoms with E-state index in [4.69, 9.17) is 4.74 Å². The molecule has 6 rings (SSSR count). The largest absolute Gasteiger partial charge is 0.494 e. The van der Waals surface area contributed by atoms with Gasteiger partial charge in [-0.15, -0.1) is 11.3 Å². The normalized spacial score (nSPS) is 16.5. The van der Waals surface area contributed by atoms with Crippen LogP contribution < -0.4 is 10.1 Å². The van der Waals surface area contributed by atoms with Crippen molar-refractivity contribution in [3.05, 3.63) is 99.9 Å². The summed E-state index contributed by atoms with van der Waals surface area (Å²) in [6.07, 6.45) is 6.59.